The summed E-state index contributed by atoms with van der Waals surface area (Å²) in [5.41, 5.74) is 7.24. The van der Waals surface area contributed by atoms with Crippen molar-refractivity contribution in [1.29, 1.82) is 0 Å². The SMILES string of the molecule is NCc1cc(N2CCN(C(=O)Nc3ccccc3)CC2)ncn1. The van der Waals surface area contributed by atoms with Gasteiger partial charge in [0.2, 0.25) is 0 Å². The van der Waals surface area contributed by atoms with E-state index < -0.39 is 0 Å². The first kappa shape index (κ1) is 15.2. The smallest absolute Gasteiger partial charge is 0.321 e. The standard InChI is InChI=1S/C16H20N6O/c17-11-14-10-15(19-12-18-14)21-6-8-22(9-7-21)16(23)20-13-4-2-1-3-5-13/h1-5,10,12H,6-9,11,17H2,(H,20,23). The molecule has 1 aromatic heterocycles. The Labute approximate surface area is 135 Å². The number of para-hydroxylation sites is 1. The topological polar surface area (TPSA) is 87.4 Å². The number of nitrogens with zero attached hydrogens (tertiary/aromatic N) is 4. The number of urea groups is 1. The summed E-state index contributed by atoms with van der Waals surface area (Å²) >= 11 is 0. The average molecular weight is 312 g/mol. The molecule has 2 aromatic rings. The van der Waals surface area contributed by atoms with Crippen LogP contribution in [-0.4, -0.2) is 47.1 Å². The zero-order valence-corrected chi connectivity index (χ0v) is 12.9. The second-order valence-electron chi connectivity index (χ2n) is 5.34. The zero-order chi connectivity index (χ0) is 16.1. The molecule has 7 nitrogen and oxygen atoms in total. The third-order valence-corrected chi connectivity index (χ3v) is 3.83. The first-order chi connectivity index (χ1) is 11.3. The molecule has 0 spiro atoms. The van der Waals surface area contributed by atoms with Crippen LogP contribution >= 0.6 is 0 Å². The van der Waals surface area contributed by atoms with E-state index in [9.17, 15) is 4.79 Å². The minimum atomic E-state index is -0.0683. The first-order valence-corrected chi connectivity index (χ1v) is 7.63. The third-order valence-electron chi connectivity index (χ3n) is 3.83. The van der Waals surface area contributed by atoms with Crippen molar-refractivity contribution in [1.82, 2.24) is 14.9 Å². The van der Waals surface area contributed by atoms with Gasteiger partial charge in [0.1, 0.15) is 12.1 Å². The van der Waals surface area contributed by atoms with Gasteiger partial charge in [-0.1, -0.05) is 18.2 Å². The number of hydrogen-bond donors (Lipinski definition) is 2. The number of carbonyl (C=O) groups is 1. The van der Waals surface area contributed by atoms with Crippen LogP contribution in [0.15, 0.2) is 42.7 Å². The number of benzene rings is 1. The second kappa shape index (κ2) is 7.06. The van der Waals surface area contributed by atoms with Gasteiger partial charge in [-0.15, -0.1) is 0 Å². The molecule has 2 amide bonds. The van der Waals surface area contributed by atoms with Crippen LogP contribution in [0, 0.1) is 0 Å². The van der Waals surface area contributed by atoms with Gasteiger partial charge in [-0.25, -0.2) is 14.8 Å². The number of aromatic nitrogens is 2. The Morgan fingerprint density at radius 3 is 2.57 bits per heavy atom. The van der Waals surface area contributed by atoms with Crippen LogP contribution in [-0.2, 0) is 6.54 Å². The number of anilines is 2. The number of carbonyl (C=O) groups excluding carboxylic acids is 1. The van der Waals surface area contributed by atoms with Crippen LogP contribution in [0.25, 0.3) is 0 Å². The van der Waals surface area contributed by atoms with Gasteiger partial charge in [-0.2, -0.15) is 0 Å². The lowest BCUT2D eigenvalue weighted by atomic mass is 10.3. The van der Waals surface area contributed by atoms with Gasteiger partial charge in [0.15, 0.2) is 0 Å². The van der Waals surface area contributed by atoms with E-state index in [0.717, 1.165) is 30.3 Å². The first-order valence-electron chi connectivity index (χ1n) is 7.63. The van der Waals surface area contributed by atoms with Crippen molar-refractivity contribution in [3.63, 3.8) is 0 Å². The molecule has 23 heavy (non-hydrogen) atoms. The van der Waals surface area contributed by atoms with Gasteiger partial charge >= 0.3 is 6.03 Å². The number of hydrogen-bond acceptors (Lipinski definition) is 5. The van der Waals surface area contributed by atoms with Gasteiger partial charge in [-0.3, -0.25) is 0 Å². The minimum absolute atomic E-state index is 0.0683. The highest BCUT2D eigenvalue weighted by atomic mass is 16.2. The van der Waals surface area contributed by atoms with Crippen LogP contribution in [0.2, 0.25) is 0 Å². The lowest BCUT2D eigenvalue weighted by Gasteiger charge is -2.35. The molecule has 3 N–H and O–H groups in total. The molecule has 0 unspecified atom stereocenters. The zero-order valence-electron chi connectivity index (χ0n) is 12.9. The molecule has 0 radical (unpaired) electrons. The molecule has 2 heterocycles. The highest BCUT2D eigenvalue weighted by Gasteiger charge is 2.22. The van der Waals surface area contributed by atoms with Gasteiger partial charge in [0.05, 0.1) is 5.69 Å². The maximum Gasteiger partial charge on any atom is 0.321 e. The van der Waals surface area contributed by atoms with E-state index in [0.29, 0.717) is 19.6 Å². The molecule has 0 saturated carbocycles. The summed E-state index contributed by atoms with van der Waals surface area (Å²) in [6.07, 6.45) is 1.53. The maximum absolute atomic E-state index is 12.3. The van der Waals surface area contributed by atoms with Crippen molar-refractivity contribution in [2.24, 2.45) is 5.73 Å². The lowest BCUT2D eigenvalue weighted by Crippen LogP contribution is -2.50. The Balaban J connectivity index is 1.56. The van der Waals surface area contributed by atoms with E-state index >= 15 is 0 Å². The molecule has 7 heteroatoms. The summed E-state index contributed by atoms with van der Waals surface area (Å²) in [5, 5.41) is 2.91. The van der Waals surface area contributed by atoms with E-state index in [1.807, 2.05) is 41.3 Å². The van der Waals surface area contributed by atoms with Crippen LogP contribution < -0.4 is 16.0 Å². The molecule has 1 saturated heterocycles. The Morgan fingerprint density at radius 2 is 1.87 bits per heavy atom. The monoisotopic (exact) mass is 312 g/mol. The summed E-state index contributed by atoms with van der Waals surface area (Å²) < 4.78 is 0. The molecule has 0 aliphatic carbocycles. The summed E-state index contributed by atoms with van der Waals surface area (Å²) in [7, 11) is 0. The number of piperazine rings is 1. The molecule has 120 valence electrons. The second-order valence-corrected chi connectivity index (χ2v) is 5.34. The quantitative estimate of drug-likeness (QED) is 0.891. The average Bonchev–Trinajstić information content (AvgIpc) is 2.63. The Kier molecular flexibility index (Phi) is 4.68. The minimum Gasteiger partial charge on any atom is -0.353 e. The van der Waals surface area contributed by atoms with Crippen LogP contribution in [0.4, 0.5) is 16.3 Å². The fourth-order valence-electron chi connectivity index (χ4n) is 2.53. The van der Waals surface area contributed by atoms with E-state index in [-0.39, 0.29) is 6.03 Å². The van der Waals surface area contributed by atoms with E-state index in [2.05, 4.69) is 20.2 Å². The van der Waals surface area contributed by atoms with Crippen molar-refractivity contribution in [2.75, 3.05) is 36.4 Å². The van der Waals surface area contributed by atoms with Crippen molar-refractivity contribution in [3.8, 4) is 0 Å². The Bertz CT molecular complexity index is 655. The molecule has 0 bridgehead atoms. The van der Waals surface area contributed by atoms with Gasteiger partial charge in [-0.05, 0) is 12.1 Å². The normalized spacial score (nSPS) is 14.7. The highest BCUT2D eigenvalue weighted by molar-refractivity contribution is 5.89. The predicted octanol–water partition coefficient (Wildman–Crippen LogP) is 1.29. The fraction of sp³-hybridized carbons (Fsp3) is 0.312. The van der Waals surface area contributed by atoms with E-state index in [1.54, 1.807) is 0 Å². The molecule has 0 atom stereocenters. The van der Waals surface area contributed by atoms with Crippen LogP contribution in [0.1, 0.15) is 5.69 Å². The van der Waals surface area contributed by atoms with Crippen LogP contribution in [0.3, 0.4) is 0 Å². The maximum atomic E-state index is 12.3. The Morgan fingerprint density at radius 1 is 1.13 bits per heavy atom. The Hall–Kier alpha value is -2.67. The molecule has 1 aliphatic rings. The molecule has 1 aromatic carbocycles. The van der Waals surface area contributed by atoms with Crippen molar-refractivity contribution < 1.29 is 4.79 Å². The number of nitrogens with two attached hydrogens (primary N) is 1. The van der Waals surface area contributed by atoms with E-state index in [1.165, 1.54) is 6.33 Å². The number of amides is 2. The fourth-order valence-corrected chi connectivity index (χ4v) is 2.53. The van der Waals surface area contributed by atoms with Gasteiger partial charge in [0, 0.05) is 44.5 Å². The molecular formula is C16H20N6O. The summed E-state index contributed by atoms with van der Waals surface area (Å²) in [5.74, 6) is 0.864. The van der Waals surface area contributed by atoms with E-state index in [4.69, 9.17) is 5.73 Å². The predicted molar refractivity (Wildman–Crippen MR) is 89.2 cm³/mol. The third kappa shape index (κ3) is 3.75. The molecule has 1 fully saturated rings. The van der Waals surface area contributed by atoms with Gasteiger partial charge in [0.25, 0.3) is 0 Å². The highest BCUT2D eigenvalue weighted by Crippen LogP contribution is 2.15. The summed E-state index contributed by atoms with van der Waals surface area (Å²) in [6, 6.07) is 11.3. The molecule has 1 aliphatic heterocycles. The van der Waals surface area contributed by atoms with Crippen molar-refractivity contribution in [3.05, 3.63) is 48.4 Å². The largest absolute Gasteiger partial charge is 0.353 e. The summed E-state index contributed by atoms with van der Waals surface area (Å²) in [4.78, 5) is 24.6. The molecule has 3 rings (SSSR count). The number of nitrogens with one attached hydrogen (secondary N) is 1. The lowest BCUT2D eigenvalue weighted by molar-refractivity contribution is 0.208. The van der Waals surface area contributed by atoms with Crippen molar-refractivity contribution in [2.45, 2.75) is 6.54 Å². The van der Waals surface area contributed by atoms with Crippen LogP contribution in [0.5, 0.6) is 0 Å². The number of rotatable bonds is 3. The van der Waals surface area contributed by atoms with Crippen molar-refractivity contribution >= 4 is 17.5 Å². The van der Waals surface area contributed by atoms with Gasteiger partial charge < -0.3 is 20.9 Å². The molecular weight excluding hydrogens is 292 g/mol. The summed E-state index contributed by atoms with van der Waals surface area (Å²) in [6.45, 7) is 3.18.